The molecule has 0 aliphatic carbocycles. The van der Waals surface area contributed by atoms with E-state index >= 15 is 0 Å². The lowest BCUT2D eigenvalue weighted by atomic mass is 10.0. The molecule has 0 saturated carbocycles. The van der Waals surface area contributed by atoms with Gasteiger partial charge in [-0.2, -0.15) is 13.2 Å². The molecule has 1 aromatic rings. The van der Waals surface area contributed by atoms with Crippen LogP contribution in [0, 0.1) is 0 Å². The Morgan fingerprint density at radius 1 is 1.44 bits per heavy atom. The average molecular weight is 250 g/mol. The third kappa shape index (κ3) is 3.44. The Balaban J connectivity index is 3.13. The number of carboxylic acid groups (broad SMARTS) is 1. The minimum atomic E-state index is -4.40. The predicted octanol–water partition coefficient (Wildman–Crippen LogP) is 3.21. The van der Waals surface area contributed by atoms with Gasteiger partial charge in [0.05, 0.1) is 12.0 Å². The zero-order chi connectivity index (χ0) is 12.3. The van der Waals surface area contributed by atoms with Crippen molar-refractivity contribution in [3.05, 3.63) is 29.3 Å². The maximum absolute atomic E-state index is 12.2. The van der Waals surface area contributed by atoms with Crippen molar-refractivity contribution in [2.75, 3.05) is 6.26 Å². The third-order valence-corrected chi connectivity index (χ3v) is 2.66. The molecule has 16 heavy (non-hydrogen) atoms. The lowest BCUT2D eigenvalue weighted by molar-refractivity contribution is -0.127. The molecule has 0 bridgehead atoms. The number of thioether (sulfide) groups is 1. The first-order valence-corrected chi connectivity index (χ1v) is 5.53. The van der Waals surface area contributed by atoms with Crippen LogP contribution in [-0.4, -0.2) is 23.5 Å². The van der Waals surface area contributed by atoms with Gasteiger partial charge < -0.3 is 5.11 Å². The molecule has 2 nitrogen and oxygen atoms in total. The first-order valence-electron chi connectivity index (χ1n) is 4.30. The summed E-state index contributed by atoms with van der Waals surface area (Å²) in [6.45, 7) is 0. The zero-order valence-electron chi connectivity index (χ0n) is 8.34. The quantitative estimate of drug-likeness (QED) is 0.837. The summed E-state index contributed by atoms with van der Waals surface area (Å²) in [5.41, 5.74) is -0.498. The number of aromatic carboxylic acids is 1. The summed E-state index contributed by atoms with van der Waals surface area (Å²) in [5.74, 6) is -1.34. The van der Waals surface area contributed by atoms with E-state index in [2.05, 4.69) is 0 Å². The van der Waals surface area contributed by atoms with E-state index in [0.717, 1.165) is 0 Å². The number of carbonyl (C=O) groups is 1. The molecule has 1 aromatic carbocycles. The molecule has 0 fully saturated rings. The smallest absolute Gasteiger partial charge is 0.393 e. The largest absolute Gasteiger partial charge is 0.478 e. The van der Waals surface area contributed by atoms with E-state index < -0.39 is 18.6 Å². The van der Waals surface area contributed by atoms with Crippen LogP contribution in [0.4, 0.5) is 13.2 Å². The van der Waals surface area contributed by atoms with Crippen molar-refractivity contribution in [3.63, 3.8) is 0 Å². The Morgan fingerprint density at radius 2 is 2.06 bits per heavy atom. The third-order valence-electron chi connectivity index (χ3n) is 1.94. The van der Waals surface area contributed by atoms with Gasteiger partial charge in [-0.3, -0.25) is 0 Å². The van der Waals surface area contributed by atoms with Crippen molar-refractivity contribution in [1.29, 1.82) is 0 Å². The molecule has 0 heterocycles. The number of benzene rings is 1. The van der Waals surface area contributed by atoms with E-state index in [1.54, 1.807) is 6.26 Å². The molecule has 0 aliphatic rings. The van der Waals surface area contributed by atoms with E-state index in [-0.39, 0.29) is 11.1 Å². The van der Waals surface area contributed by atoms with Gasteiger partial charge in [-0.05, 0) is 24.0 Å². The highest BCUT2D eigenvalue weighted by molar-refractivity contribution is 7.98. The van der Waals surface area contributed by atoms with Gasteiger partial charge in [-0.1, -0.05) is 6.07 Å². The second-order valence-corrected chi connectivity index (χ2v) is 4.00. The minimum Gasteiger partial charge on any atom is -0.478 e. The first-order chi connectivity index (χ1) is 7.33. The van der Waals surface area contributed by atoms with Crippen molar-refractivity contribution in [1.82, 2.24) is 0 Å². The molecule has 0 radical (unpaired) electrons. The number of carboxylic acids is 1. The Morgan fingerprint density at radius 3 is 2.50 bits per heavy atom. The highest BCUT2D eigenvalue weighted by atomic mass is 32.2. The zero-order valence-corrected chi connectivity index (χ0v) is 9.15. The van der Waals surface area contributed by atoms with E-state index in [1.165, 1.54) is 30.0 Å². The summed E-state index contributed by atoms with van der Waals surface area (Å²) in [6.07, 6.45) is -3.89. The van der Waals surface area contributed by atoms with Crippen molar-refractivity contribution < 1.29 is 23.1 Å². The van der Waals surface area contributed by atoms with Gasteiger partial charge in [0, 0.05) is 4.90 Å². The van der Waals surface area contributed by atoms with Gasteiger partial charge in [-0.15, -0.1) is 11.8 Å². The van der Waals surface area contributed by atoms with E-state index in [1.807, 2.05) is 0 Å². The van der Waals surface area contributed by atoms with Crippen LogP contribution in [0.1, 0.15) is 15.9 Å². The Bertz CT molecular complexity index is 402. The number of hydrogen-bond acceptors (Lipinski definition) is 2. The van der Waals surface area contributed by atoms with E-state index in [0.29, 0.717) is 4.90 Å². The molecule has 0 aromatic heterocycles. The predicted molar refractivity (Wildman–Crippen MR) is 54.9 cm³/mol. The van der Waals surface area contributed by atoms with Crippen LogP contribution < -0.4 is 0 Å². The number of rotatable bonds is 3. The maximum atomic E-state index is 12.2. The van der Waals surface area contributed by atoms with Crippen LogP contribution in [0.2, 0.25) is 0 Å². The second-order valence-electron chi connectivity index (χ2n) is 3.12. The topological polar surface area (TPSA) is 37.3 Å². The van der Waals surface area contributed by atoms with Crippen molar-refractivity contribution in [3.8, 4) is 0 Å². The monoisotopic (exact) mass is 250 g/mol. The van der Waals surface area contributed by atoms with Crippen LogP contribution >= 0.6 is 11.8 Å². The van der Waals surface area contributed by atoms with Crippen LogP contribution in [0.15, 0.2) is 23.1 Å². The number of alkyl halides is 3. The Hall–Kier alpha value is -1.17. The Kier molecular flexibility index (Phi) is 3.85. The summed E-state index contributed by atoms with van der Waals surface area (Å²) < 4.78 is 36.5. The van der Waals surface area contributed by atoms with Gasteiger partial charge in [0.15, 0.2) is 0 Å². The van der Waals surface area contributed by atoms with Crippen LogP contribution in [0.3, 0.4) is 0 Å². The molecule has 0 saturated heterocycles. The molecule has 0 amide bonds. The summed E-state index contributed by atoms with van der Waals surface area (Å²) in [4.78, 5) is 11.4. The molecular weight excluding hydrogens is 241 g/mol. The van der Waals surface area contributed by atoms with Crippen molar-refractivity contribution in [2.24, 2.45) is 0 Å². The van der Waals surface area contributed by atoms with Crippen LogP contribution in [0.25, 0.3) is 0 Å². The Labute approximate surface area is 94.5 Å². The van der Waals surface area contributed by atoms with Crippen molar-refractivity contribution in [2.45, 2.75) is 17.5 Å². The molecule has 0 aliphatic heterocycles. The molecule has 0 atom stereocenters. The molecule has 0 unspecified atom stereocenters. The molecule has 1 N–H and O–H groups in total. The molecule has 1 rings (SSSR count). The lowest BCUT2D eigenvalue weighted by Crippen LogP contribution is -2.15. The SMILES string of the molecule is CSc1ccc(CC(F)(F)F)c(C(=O)O)c1. The number of halogens is 3. The van der Waals surface area contributed by atoms with Crippen LogP contribution in [0.5, 0.6) is 0 Å². The molecular formula is C10H9F3O2S. The lowest BCUT2D eigenvalue weighted by Gasteiger charge is -2.10. The van der Waals surface area contributed by atoms with Crippen LogP contribution in [-0.2, 0) is 6.42 Å². The van der Waals surface area contributed by atoms with Gasteiger partial charge in [0.2, 0.25) is 0 Å². The van der Waals surface area contributed by atoms with Gasteiger partial charge in [0.1, 0.15) is 0 Å². The van der Waals surface area contributed by atoms with Gasteiger partial charge in [0.25, 0.3) is 0 Å². The average Bonchev–Trinajstić information content (AvgIpc) is 2.15. The summed E-state index contributed by atoms with van der Waals surface area (Å²) >= 11 is 1.28. The van der Waals surface area contributed by atoms with Gasteiger partial charge >= 0.3 is 12.1 Å². The second kappa shape index (κ2) is 4.78. The van der Waals surface area contributed by atoms with Crippen molar-refractivity contribution >= 4 is 17.7 Å². The molecule has 88 valence electrons. The molecule has 6 heteroatoms. The summed E-state index contributed by atoms with van der Waals surface area (Å²) in [6, 6.07) is 3.95. The maximum Gasteiger partial charge on any atom is 0.393 e. The highest BCUT2D eigenvalue weighted by Gasteiger charge is 2.29. The minimum absolute atomic E-state index is 0.210. The van der Waals surface area contributed by atoms with E-state index in [4.69, 9.17) is 5.11 Å². The van der Waals surface area contributed by atoms with Gasteiger partial charge in [-0.25, -0.2) is 4.79 Å². The normalized spacial score (nSPS) is 11.5. The fraction of sp³-hybridized carbons (Fsp3) is 0.300. The van der Waals surface area contributed by atoms with E-state index in [9.17, 15) is 18.0 Å². The number of hydrogen-bond donors (Lipinski definition) is 1. The highest BCUT2D eigenvalue weighted by Crippen LogP contribution is 2.26. The first kappa shape index (κ1) is 12.9. The standard InChI is InChI=1S/C10H9F3O2S/c1-16-7-3-2-6(5-10(11,12)13)8(4-7)9(14)15/h2-4H,5H2,1H3,(H,14,15). The fourth-order valence-corrected chi connectivity index (χ4v) is 1.69. The fourth-order valence-electron chi connectivity index (χ4n) is 1.25. The summed E-state index contributed by atoms with van der Waals surface area (Å²) in [7, 11) is 0. The molecule has 0 spiro atoms. The summed E-state index contributed by atoms with van der Waals surface area (Å²) in [5, 5.41) is 8.81.